The van der Waals surface area contributed by atoms with Crippen molar-refractivity contribution >= 4 is 23.2 Å². The first-order valence-corrected chi connectivity index (χ1v) is 11.6. The lowest BCUT2D eigenvalue weighted by atomic mass is 10.1. The molecule has 3 rings (SSSR count). The van der Waals surface area contributed by atoms with E-state index in [0.717, 1.165) is 18.4 Å². The van der Waals surface area contributed by atoms with Gasteiger partial charge in [0.15, 0.2) is 0 Å². The van der Waals surface area contributed by atoms with Crippen molar-refractivity contribution in [2.45, 2.75) is 45.4 Å². The highest BCUT2D eigenvalue weighted by molar-refractivity contribution is 6.06. The normalized spacial score (nSPS) is 10.5. The Kier molecular flexibility index (Phi) is 9.52. The summed E-state index contributed by atoms with van der Waals surface area (Å²) in [5.74, 6) is 0.271. The second-order valence-electron chi connectivity index (χ2n) is 7.97. The summed E-state index contributed by atoms with van der Waals surface area (Å²) in [6.45, 7) is 2.76. The summed E-state index contributed by atoms with van der Waals surface area (Å²) in [7, 11) is 0. The van der Waals surface area contributed by atoms with Crippen LogP contribution in [0.15, 0.2) is 78.9 Å². The molecule has 0 heterocycles. The average molecular weight is 445 g/mol. The number of aryl methyl sites for hydroxylation is 1. The summed E-state index contributed by atoms with van der Waals surface area (Å²) >= 11 is 0. The Morgan fingerprint density at radius 1 is 0.788 bits per heavy atom. The topological polar surface area (TPSA) is 67.4 Å². The molecule has 2 N–H and O–H groups in total. The van der Waals surface area contributed by atoms with Crippen molar-refractivity contribution in [2.75, 3.05) is 17.2 Å². The van der Waals surface area contributed by atoms with Crippen molar-refractivity contribution in [3.05, 3.63) is 90.0 Å². The van der Waals surface area contributed by atoms with Gasteiger partial charge in [0.05, 0.1) is 12.2 Å². The summed E-state index contributed by atoms with van der Waals surface area (Å²) in [4.78, 5) is 25.2. The number of unbranched alkanes of at least 4 members (excludes halogenated alkanes) is 3. The number of para-hydroxylation sites is 1. The molecule has 0 saturated heterocycles. The molecule has 0 bridgehead atoms. The molecule has 0 unspecified atom stereocenters. The Morgan fingerprint density at radius 2 is 1.52 bits per heavy atom. The van der Waals surface area contributed by atoms with Gasteiger partial charge in [-0.15, -0.1) is 0 Å². The van der Waals surface area contributed by atoms with Crippen LogP contribution in [0, 0.1) is 0 Å². The van der Waals surface area contributed by atoms with Gasteiger partial charge < -0.3 is 15.4 Å². The number of amides is 2. The van der Waals surface area contributed by atoms with E-state index in [0.29, 0.717) is 42.1 Å². The van der Waals surface area contributed by atoms with Crippen molar-refractivity contribution in [3.8, 4) is 5.75 Å². The molecule has 0 aromatic heterocycles. The predicted octanol–water partition coefficient (Wildman–Crippen LogP) is 6.47. The molecule has 5 heteroatoms. The van der Waals surface area contributed by atoms with Crippen LogP contribution in [0.25, 0.3) is 0 Å². The Morgan fingerprint density at radius 3 is 2.30 bits per heavy atom. The molecule has 0 atom stereocenters. The van der Waals surface area contributed by atoms with Gasteiger partial charge >= 0.3 is 0 Å². The first kappa shape index (κ1) is 24.1. The lowest BCUT2D eigenvalue weighted by Crippen LogP contribution is -2.15. The van der Waals surface area contributed by atoms with Crippen LogP contribution in [0.1, 0.15) is 54.9 Å². The van der Waals surface area contributed by atoms with E-state index in [9.17, 15) is 9.59 Å². The molecule has 3 aromatic carbocycles. The van der Waals surface area contributed by atoms with Crippen LogP contribution in [0.5, 0.6) is 5.75 Å². The first-order valence-electron chi connectivity index (χ1n) is 11.6. The van der Waals surface area contributed by atoms with Crippen LogP contribution in [0.2, 0.25) is 0 Å². The molecule has 0 spiro atoms. The molecule has 5 nitrogen and oxygen atoms in total. The smallest absolute Gasteiger partial charge is 0.259 e. The molecule has 3 aromatic rings. The van der Waals surface area contributed by atoms with Crippen LogP contribution in [0.3, 0.4) is 0 Å². The Bertz CT molecular complexity index is 1030. The van der Waals surface area contributed by atoms with E-state index in [1.807, 2.05) is 54.6 Å². The fourth-order valence-corrected chi connectivity index (χ4v) is 3.49. The minimum Gasteiger partial charge on any atom is -0.493 e. The fraction of sp³-hybridized carbons (Fsp3) is 0.286. The van der Waals surface area contributed by atoms with Gasteiger partial charge in [0, 0.05) is 17.8 Å². The lowest BCUT2D eigenvalue weighted by Gasteiger charge is -2.12. The molecule has 0 fully saturated rings. The van der Waals surface area contributed by atoms with E-state index in [1.165, 1.54) is 12.8 Å². The number of hydrogen-bond donors (Lipinski definition) is 2. The monoisotopic (exact) mass is 444 g/mol. The average Bonchev–Trinajstić information content (AvgIpc) is 2.84. The maximum Gasteiger partial charge on any atom is 0.259 e. The number of carbonyl (C=O) groups is 2. The molecule has 2 amide bonds. The maximum absolute atomic E-state index is 12.9. The summed E-state index contributed by atoms with van der Waals surface area (Å²) in [6.07, 6.45) is 5.52. The minimum atomic E-state index is -0.244. The SMILES string of the molecule is CCCCCCOc1ccccc1C(=O)Nc1cccc(NC(=O)CCc2ccccc2)c1. The zero-order chi connectivity index (χ0) is 23.3. The summed E-state index contributed by atoms with van der Waals surface area (Å²) in [6, 6.07) is 24.3. The van der Waals surface area contributed by atoms with E-state index in [2.05, 4.69) is 17.6 Å². The van der Waals surface area contributed by atoms with Crippen molar-refractivity contribution in [3.63, 3.8) is 0 Å². The van der Waals surface area contributed by atoms with Crippen LogP contribution in [0.4, 0.5) is 11.4 Å². The van der Waals surface area contributed by atoms with Crippen LogP contribution in [-0.4, -0.2) is 18.4 Å². The van der Waals surface area contributed by atoms with E-state index in [1.54, 1.807) is 24.3 Å². The maximum atomic E-state index is 12.9. The molecule has 0 aliphatic carbocycles. The Labute approximate surface area is 196 Å². The fourth-order valence-electron chi connectivity index (χ4n) is 3.49. The van der Waals surface area contributed by atoms with Gasteiger partial charge in [0.2, 0.25) is 5.91 Å². The second kappa shape index (κ2) is 13.1. The van der Waals surface area contributed by atoms with Gasteiger partial charge in [-0.1, -0.05) is 74.7 Å². The van der Waals surface area contributed by atoms with Crippen LogP contribution < -0.4 is 15.4 Å². The molecular weight excluding hydrogens is 412 g/mol. The minimum absolute atomic E-state index is 0.0656. The van der Waals surface area contributed by atoms with Gasteiger partial charge in [0.1, 0.15) is 5.75 Å². The first-order chi connectivity index (χ1) is 16.2. The highest BCUT2D eigenvalue weighted by Gasteiger charge is 2.13. The number of carbonyl (C=O) groups excluding carboxylic acids is 2. The van der Waals surface area contributed by atoms with E-state index < -0.39 is 0 Å². The highest BCUT2D eigenvalue weighted by atomic mass is 16.5. The number of benzene rings is 3. The van der Waals surface area contributed by atoms with Crippen molar-refractivity contribution < 1.29 is 14.3 Å². The summed E-state index contributed by atoms with van der Waals surface area (Å²) in [5.41, 5.74) is 2.87. The number of hydrogen-bond acceptors (Lipinski definition) is 3. The van der Waals surface area contributed by atoms with Gasteiger partial charge in [-0.05, 0) is 48.7 Å². The summed E-state index contributed by atoms with van der Waals surface area (Å²) < 4.78 is 5.86. The van der Waals surface area contributed by atoms with Crippen molar-refractivity contribution in [2.24, 2.45) is 0 Å². The highest BCUT2D eigenvalue weighted by Crippen LogP contribution is 2.22. The second-order valence-corrected chi connectivity index (χ2v) is 7.97. The van der Waals surface area contributed by atoms with E-state index >= 15 is 0 Å². The molecular formula is C28H32N2O3. The third kappa shape index (κ3) is 8.11. The molecule has 0 aliphatic heterocycles. The molecule has 33 heavy (non-hydrogen) atoms. The molecule has 0 saturated carbocycles. The van der Waals surface area contributed by atoms with Gasteiger partial charge in [-0.25, -0.2) is 0 Å². The number of ether oxygens (including phenoxy) is 1. The zero-order valence-electron chi connectivity index (χ0n) is 19.2. The predicted molar refractivity (Wildman–Crippen MR) is 134 cm³/mol. The quantitative estimate of drug-likeness (QED) is 0.315. The third-order valence-electron chi connectivity index (χ3n) is 5.27. The number of nitrogens with one attached hydrogen (secondary N) is 2. The van der Waals surface area contributed by atoms with Crippen molar-refractivity contribution in [1.82, 2.24) is 0 Å². The number of rotatable bonds is 12. The van der Waals surface area contributed by atoms with Crippen LogP contribution in [-0.2, 0) is 11.2 Å². The summed E-state index contributed by atoms with van der Waals surface area (Å²) in [5, 5.41) is 5.82. The Hall–Kier alpha value is -3.60. The Balaban J connectivity index is 1.55. The largest absolute Gasteiger partial charge is 0.493 e. The molecule has 0 aliphatic rings. The van der Waals surface area contributed by atoms with Gasteiger partial charge in [-0.2, -0.15) is 0 Å². The van der Waals surface area contributed by atoms with Gasteiger partial charge in [-0.3, -0.25) is 9.59 Å². The lowest BCUT2D eigenvalue weighted by molar-refractivity contribution is -0.116. The van der Waals surface area contributed by atoms with E-state index in [4.69, 9.17) is 4.74 Å². The van der Waals surface area contributed by atoms with E-state index in [-0.39, 0.29) is 11.8 Å². The zero-order valence-corrected chi connectivity index (χ0v) is 19.2. The van der Waals surface area contributed by atoms with Gasteiger partial charge in [0.25, 0.3) is 5.91 Å². The standard InChI is InChI=1S/C28H32N2O3/c1-2-3-4-10-20-33-26-17-9-8-16-25(26)28(32)30-24-15-11-14-23(21-24)29-27(31)19-18-22-12-6-5-7-13-22/h5-9,11-17,21H,2-4,10,18-20H2,1H3,(H,29,31)(H,30,32). The van der Waals surface area contributed by atoms with Crippen molar-refractivity contribution in [1.29, 1.82) is 0 Å². The van der Waals surface area contributed by atoms with Crippen LogP contribution >= 0.6 is 0 Å². The third-order valence-corrected chi connectivity index (χ3v) is 5.27. The number of anilines is 2. The molecule has 172 valence electrons. The molecule has 0 radical (unpaired) electrons.